The highest BCUT2D eigenvalue weighted by Crippen LogP contribution is 2.47. The Bertz CT molecular complexity index is 674. The first-order chi connectivity index (χ1) is 14.2. The molecule has 2 saturated heterocycles. The number of likely N-dealkylation sites (tertiary alicyclic amines) is 1. The minimum Gasteiger partial charge on any atom is -0.384 e. The highest BCUT2D eigenvalue weighted by atomic mass is 19.1. The SMILES string of the molecule is COC[C@@]12CC[C@@H](N3CCOCC3)C[C@H]1CCN(CC=Cc1ccc(F)cc1)C2. The van der Waals surface area contributed by atoms with Crippen LogP contribution < -0.4 is 0 Å². The molecule has 1 aromatic carbocycles. The van der Waals surface area contributed by atoms with E-state index in [1.54, 1.807) is 0 Å². The van der Waals surface area contributed by atoms with Gasteiger partial charge in [0.1, 0.15) is 5.82 Å². The zero-order valence-corrected chi connectivity index (χ0v) is 17.7. The maximum Gasteiger partial charge on any atom is 0.123 e. The maximum atomic E-state index is 13.1. The largest absolute Gasteiger partial charge is 0.384 e. The van der Waals surface area contributed by atoms with Crippen LogP contribution in [0.15, 0.2) is 30.3 Å². The molecule has 1 aromatic rings. The van der Waals surface area contributed by atoms with Crippen LogP contribution in [0.1, 0.15) is 31.2 Å². The molecule has 3 fully saturated rings. The highest BCUT2D eigenvalue weighted by molar-refractivity contribution is 5.48. The standard InChI is InChI=1S/C24H35FN2O2/c1-28-19-24-10-8-23(27-13-15-29-16-14-27)17-21(24)9-12-26(18-24)11-2-3-20-4-6-22(25)7-5-20/h2-7,21,23H,8-19H2,1H3/t21-,23-,24+/m1/s1. The Labute approximate surface area is 174 Å². The van der Waals surface area contributed by atoms with Crippen LogP contribution in [0.4, 0.5) is 4.39 Å². The summed E-state index contributed by atoms with van der Waals surface area (Å²) >= 11 is 0. The molecule has 1 aliphatic carbocycles. The number of rotatable bonds is 6. The fourth-order valence-electron chi connectivity index (χ4n) is 5.71. The summed E-state index contributed by atoms with van der Waals surface area (Å²) in [5.41, 5.74) is 1.35. The van der Waals surface area contributed by atoms with Crippen molar-refractivity contribution < 1.29 is 13.9 Å². The quantitative estimate of drug-likeness (QED) is 0.725. The monoisotopic (exact) mass is 402 g/mol. The van der Waals surface area contributed by atoms with Crippen LogP contribution in [-0.2, 0) is 9.47 Å². The maximum absolute atomic E-state index is 13.1. The van der Waals surface area contributed by atoms with E-state index < -0.39 is 0 Å². The molecule has 4 rings (SSSR count). The first kappa shape index (κ1) is 21.0. The first-order valence-electron chi connectivity index (χ1n) is 11.1. The molecule has 0 unspecified atom stereocenters. The lowest BCUT2D eigenvalue weighted by Crippen LogP contribution is -2.57. The summed E-state index contributed by atoms with van der Waals surface area (Å²) in [7, 11) is 1.85. The van der Waals surface area contributed by atoms with Crippen molar-refractivity contribution in [2.75, 3.05) is 59.7 Å². The number of methoxy groups -OCH3 is 1. The molecule has 3 atom stereocenters. The number of halogens is 1. The first-order valence-corrected chi connectivity index (χ1v) is 11.1. The summed E-state index contributed by atoms with van der Waals surface area (Å²) < 4.78 is 24.4. The van der Waals surface area contributed by atoms with Crippen molar-refractivity contribution in [3.05, 3.63) is 41.7 Å². The van der Waals surface area contributed by atoms with Crippen molar-refractivity contribution >= 4 is 6.08 Å². The van der Waals surface area contributed by atoms with E-state index >= 15 is 0 Å². The van der Waals surface area contributed by atoms with Crippen LogP contribution in [0, 0.1) is 17.2 Å². The van der Waals surface area contributed by atoms with Crippen LogP contribution in [0.5, 0.6) is 0 Å². The van der Waals surface area contributed by atoms with Crippen molar-refractivity contribution in [3.8, 4) is 0 Å². The Morgan fingerprint density at radius 1 is 1.17 bits per heavy atom. The fraction of sp³-hybridized carbons (Fsp3) is 0.667. The molecule has 2 heterocycles. The van der Waals surface area contributed by atoms with Gasteiger partial charge in [0.25, 0.3) is 0 Å². The second kappa shape index (κ2) is 9.69. The third-order valence-electron chi connectivity index (χ3n) is 7.27. The summed E-state index contributed by atoms with van der Waals surface area (Å²) in [6.07, 6.45) is 9.42. The Kier molecular flexibility index (Phi) is 7.01. The lowest BCUT2D eigenvalue weighted by Gasteiger charge is -2.54. The lowest BCUT2D eigenvalue weighted by molar-refractivity contribution is -0.0835. The van der Waals surface area contributed by atoms with Gasteiger partial charge in [-0.1, -0.05) is 24.3 Å². The van der Waals surface area contributed by atoms with Crippen molar-refractivity contribution in [2.24, 2.45) is 11.3 Å². The molecular formula is C24H35FN2O2. The Balaban J connectivity index is 1.35. The average Bonchev–Trinajstić information content (AvgIpc) is 2.75. The second-order valence-corrected chi connectivity index (χ2v) is 9.05. The number of fused-ring (bicyclic) bond motifs is 1. The van der Waals surface area contributed by atoms with Crippen LogP contribution in [-0.4, -0.2) is 75.5 Å². The van der Waals surface area contributed by atoms with Gasteiger partial charge >= 0.3 is 0 Å². The smallest absolute Gasteiger partial charge is 0.123 e. The minimum atomic E-state index is -0.182. The van der Waals surface area contributed by atoms with Crippen LogP contribution in [0.2, 0.25) is 0 Å². The molecular weight excluding hydrogens is 367 g/mol. The predicted octanol–water partition coefficient (Wildman–Crippen LogP) is 3.68. The van der Waals surface area contributed by atoms with E-state index in [0.717, 1.165) is 70.1 Å². The normalized spacial score (nSPS) is 31.8. The number of piperidine rings is 1. The molecule has 0 radical (unpaired) electrons. The summed E-state index contributed by atoms with van der Waals surface area (Å²) in [5.74, 6) is 0.569. The van der Waals surface area contributed by atoms with Gasteiger partial charge in [0.05, 0.1) is 19.8 Å². The van der Waals surface area contributed by atoms with Gasteiger partial charge in [0.15, 0.2) is 0 Å². The second-order valence-electron chi connectivity index (χ2n) is 9.05. The van der Waals surface area contributed by atoms with Gasteiger partial charge in [-0.25, -0.2) is 4.39 Å². The zero-order chi connectivity index (χ0) is 20.1. The Morgan fingerprint density at radius 2 is 1.97 bits per heavy atom. The molecule has 2 aliphatic heterocycles. The third kappa shape index (κ3) is 5.08. The van der Waals surface area contributed by atoms with Crippen molar-refractivity contribution in [2.45, 2.75) is 31.7 Å². The van der Waals surface area contributed by atoms with Gasteiger partial charge in [-0.15, -0.1) is 0 Å². The third-order valence-corrected chi connectivity index (χ3v) is 7.27. The molecule has 1 saturated carbocycles. The van der Waals surface area contributed by atoms with Gasteiger partial charge in [-0.2, -0.15) is 0 Å². The zero-order valence-electron chi connectivity index (χ0n) is 17.7. The predicted molar refractivity (Wildman–Crippen MR) is 114 cm³/mol. The topological polar surface area (TPSA) is 24.9 Å². The van der Waals surface area contributed by atoms with E-state index in [2.05, 4.69) is 22.0 Å². The van der Waals surface area contributed by atoms with E-state index in [1.165, 1.54) is 37.8 Å². The van der Waals surface area contributed by atoms with Gasteiger partial charge in [-0.05, 0) is 55.8 Å². The molecule has 0 amide bonds. The summed E-state index contributed by atoms with van der Waals surface area (Å²) in [6, 6.07) is 7.42. The molecule has 0 bridgehead atoms. The lowest BCUT2D eigenvalue weighted by atomic mass is 9.62. The van der Waals surface area contributed by atoms with E-state index in [0.29, 0.717) is 5.41 Å². The van der Waals surface area contributed by atoms with E-state index in [4.69, 9.17) is 9.47 Å². The van der Waals surface area contributed by atoms with Gasteiger partial charge < -0.3 is 9.47 Å². The molecule has 0 N–H and O–H groups in total. The van der Waals surface area contributed by atoms with Crippen LogP contribution in [0.3, 0.4) is 0 Å². The Morgan fingerprint density at radius 3 is 2.72 bits per heavy atom. The van der Waals surface area contributed by atoms with Crippen LogP contribution >= 0.6 is 0 Å². The van der Waals surface area contributed by atoms with Crippen molar-refractivity contribution in [1.29, 1.82) is 0 Å². The molecule has 160 valence electrons. The number of benzene rings is 1. The Hall–Kier alpha value is -1.27. The molecule has 0 aromatic heterocycles. The average molecular weight is 403 g/mol. The number of hydrogen-bond donors (Lipinski definition) is 0. The highest BCUT2D eigenvalue weighted by Gasteiger charge is 2.47. The van der Waals surface area contributed by atoms with Gasteiger partial charge in [0, 0.05) is 44.7 Å². The van der Waals surface area contributed by atoms with Crippen LogP contribution in [0.25, 0.3) is 6.08 Å². The van der Waals surface area contributed by atoms with Crippen molar-refractivity contribution in [1.82, 2.24) is 9.80 Å². The fourth-order valence-corrected chi connectivity index (χ4v) is 5.71. The van der Waals surface area contributed by atoms with E-state index in [9.17, 15) is 4.39 Å². The molecule has 0 spiro atoms. The van der Waals surface area contributed by atoms with Crippen molar-refractivity contribution in [3.63, 3.8) is 0 Å². The molecule has 3 aliphatic rings. The minimum absolute atomic E-state index is 0.182. The number of morpholine rings is 1. The summed E-state index contributed by atoms with van der Waals surface area (Å²) in [6.45, 7) is 8.05. The molecule has 5 heteroatoms. The molecule has 4 nitrogen and oxygen atoms in total. The number of nitrogens with zero attached hydrogens (tertiary/aromatic N) is 2. The van der Waals surface area contributed by atoms with E-state index in [1.807, 2.05) is 19.2 Å². The molecule has 29 heavy (non-hydrogen) atoms. The van der Waals surface area contributed by atoms with Gasteiger partial charge in [0.2, 0.25) is 0 Å². The summed E-state index contributed by atoms with van der Waals surface area (Å²) in [4.78, 5) is 5.24. The number of hydrogen-bond acceptors (Lipinski definition) is 4. The van der Waals surface area contributed by atoms with Gasteiger partial charge in [-0.3, -0.25) is 9.80 Å². The number of ether oxygens (including phenoxy) is 2. The van der Waals surface area contributed by atoms with E-state index in [-0.39, 0.29) is 5.82 Å². The summed E-state index contributed by atoms with van der Waals surface area (Å²) in [5, 5.41) is 0.